The molecule has 1 aliphatic heterocycles. The van der Waals surface area contributed by atoms with Crippen LogP contribution in [0, 0.1) is 0 Å². The fourth-order valence-corrected chi connectivity index (χ4v) is 4.22. The molecule has 1 aliphatic rings. The second-order valence-corrected chi connectivity index (χ2v) is 8.75. The van der Waals surface area contributed by atoms with Crippen molar-refractivity contribution in [1.29, 1.82) is 0 Å². The standard InChI is InChI=1S/C21H24N2O7S/c1-3-28-14-5-7-18(29-4-2)16(11-14)22-20(24)9-10-31(26,27)15-6-8-19-17(12-15)23-21(25)13-30-19/h5-8,11-12H,3-4,9-10,13H2,1-2H3,(H,22,24)(H,23,25). The van der Waals surface area contributed by atoms with E-state index in [1.54, 1.807) is 18.2 Å². The lowest BCUT2D eigenvalue weighted by Crippen LogP contribution is -2.25. The highest BCUT2D eigenvalue weighted by molar-refractivity contribution is 7.91. The summed E-state index contributed by atoms with van der Waals surface area (Å²) in [7, 11) is -3.76. The molecule has 2 aromatic carbocycles. The Bertz CT molecular complexity index is 1080. The van der Waals surface area contributed by atoms with Gasteiger partial charge >= 0.3 is 0 Å². The monoisotopic (exact) mass is 448 g/mol. The van der Waals surface area contributed by atoms with Crippen molar-refractivity contribution in [2.24, 2.45) is 0 Å². The maximum atomic E-state index is 12.7. The first-order valence-electron chi connectivity index (χ1n) is 9.81. The van der Waals surface area contributed by atoms with Crippen LogP contribution >= 0.6 is 0 Å². The third-order valence-corrected chi connectivity index (χ3v) is 6.09. The number of sulfone groups is 1. The Labute approximate surface area is 180 Å². The van der Waals surface area contributed by atoms with Crippen LogP contribution in [0.4, 0.5) is 11.4 Å². The number of carbonyl (C=O) groups excluding carboxylic acids is 2. The van der Waals surface area contributed by atoms with E-state index in [0.717, 1.165) is 0 Å². The van der Waals surface area contributed by atoms with Gasteiger partial charge in [-0.2, -0.15) is 0 Å². The molecule has 0 fully saturated rings. The summed E-state index contributed by atoms with van der Waals surface area (Å²) < 4.78 is 41.6. The van der Waals surface area contributed by atoms with Gasteiger partial charge in [0.25, 0.3) is 5.91 Å². The molecule has 0 unspecified atom stereocenters. The first-order valence-corrected chi connectivity index (χ1v) is 11.5. The molecule has 0 radical (unpaired) electrons. The smallest absolute Gasteiger partial charge is 0.262 e. The Hall–Kier alpha value is -3.27. The summed E-state index contributed by atoms with van der Waals surface area (Å²) >= 11 is 0. The number of benzene rings is 2. The van der Waals surface area contributed by atoms with Crippen molar-refractivity contribution in [2.75, 3.05) is 36.2 Å². The Morgan fingerprint density at radius 3 is 2.65 bits per heavy atom. The third kappa shape index (κ3) is 5.66. The van der Waals surface area contributed by atoms with Crippen LogP contribution in [0.25, 0.3) is 0 Å². The SMILES string of the molecule is CCOc1ccc(OCC)c(NC(=O)CCS(=O)(=O)c2ccc3c(c2)NC(=O)CO3)c1. The molecule has 0 bridgehead atoms. The van der Waals surface area contributed by atoms with Crippen LogP contribution in [0.2, 0.25) is 0 Å². The second-order valence-electron chi connectivity index (χ2n) is 6.64. The average molecular weight is 448 g/mol. The quantitative estimate of drug-likeness (QED) is 0.605. The van der Waals surface area contributed by atoms with Crippen molar-refractivity contribution in [2.45, 2.75) is 25.2 Å². The van der Waals surface area contributed by atoms with Gasteiger partial charge in [-0.25, -0.2) is 8.42 Å². The predicted octanol–water partition coefficient (Wildman–Crippen LogP) is 2.62. The van der Waals surface area contributed by atoms with Gasteiger partial charge in [0, 0.05) is 12.5 Å². The van der Waals surface area contributed by atoms with Crippen molar-refractivity contribution in [3.63, 3.8) is 0 Å². The van der Waals surface area contributed by atoms with Crippen LogP contribution in [-0.2, 0) is 19.4 Å². The van der Waals surface area contributed by atoms with E-state index >= 15 is 0 Å². The summed E-state index contributed by atoms with van der Waals surface area (Å²) in [5, 5.41) is 5.26. The summed E-state index contributed by atoms with van der Waals surface area (Å²) in [5.74, 6) is 0.184. The molecule has 3 rings (SSSR count). The molecule has 10 heteroatoms. The fraction of sp³-hybridized carbons (Fsp3) is 0.333. The van der Waals surface area contributed by atoms with Crippen molar-refractivity contribution >= 4 is 33.0 Å². The number of carbonyl (C=O) groups is 2. The molecule has 0 aliphatic carbocycles. The van der Waals surface area contributed by atoms with E-state index in [1.165, 1.54) is 18.2 Å². The Morgan fingerprint density at radius 2 is 1.90 bits per heavy atom. The largest absolute Gasteiger partial charge is 0.494 e. The zero-order chi connectivity index (χ0) is 22.4. The number of amides is 2. The topological polar surface area (TPSA) is 120 Å². The van der Waals surface area contributed by atoms with Gasteiger partial charge in [-0.15, -0.1) is 0 Å². The molecule has 166 valence electrons. The number of hydrogen-bond donors (Lipinski definition) is 2. The van der Waals surface area contributed by atoms with Crippen LogP contribution in [-0.4, -0.2) is 45.8 Å². The Balaban J connectivity index is 1.68. The maximum Gasteiger partial charge on any atom is 0.262 e. The summed E-state index contributed by atoms with van der Waals surface area (Å²) in [6, 6.07) is 9.25. The number of nitrogens with one attached hydrogen (secondary N) is 2. The van der Waals surface area contributed by atoms with Crippen LogP contribution in [0.1, 0.15) is 20.3 Å². The zero-order valence-corrected chi connectivity index (χ0v) is 18.1. The summed E-state index contributed by atoms with van der Waals surface area (Å²) in [6.45, 7) is 4.42. The van der Waals surface area contributed by atoms with Gasteiger partial charge in [-0.1, -0.05) is 0 Å². The van der Waals surface area contributed by atoms with Gasteiger partial charge in [-0.05, 0) is 44.2 Å². The van der Waals surface area contributed by atoms with Crippen LogP contribution in [0.15, 0.2) is 41.3 Å². The first-order chi connectivity index (χ1) is 14.8. The number of ether oxygens (including phenoxy) is 3. The van der Waals surface area contributed by atoms with Crippen molar-refractivity contribution in [3.8, 4) is 17.2 Å². The molecule has 0 aromatic heterocycles. The van der Waals surface area contributed by atoms with Gasteiger partial charge < -0.3 is 24.8 Å². The van der Waals surface area contributed by atoms with Crippen molar-refractivity contribution in [3.05, 3.63) is 36.4 Å². The molecule has 1 heterocycles. The molecule has 0 saturated carbocycles. The van der Waals surface area contributed by atoms with Gasteiger partial charge in [0.2, 0.25) is 5.91 Å². The average Bonchev–Trinajstić information content (AvgIpc) is 2.74. The van der Waals surface area contributed by atoms with Crippen LogP contribution in [0.5, 0.6) is 17.2 Å². The Morgan fingerprint density at radius 1 is 1.13 bits per heavy atom. The van der Waals surface area contributed by atoms with Crippen LogP contribution in [0.3, 0.4) is 0 Å². The molecule has 0 saturated heterocycles. The van der Waals surface area contributed by atoms with Gasteiger partial charge in [0.15, 0.2) is 16.4 Å². The molecule has 2 amide bonds. The Kier molecular flexibility index (Phi) is 7.01. The highest BCUT2D eigenvalue weighted by Crippen LogP contribution is 2.31. The molecule has 0 spiro atoms. The number of anilines is 2. The number of rotatable bonds is 9. The van der Waals surface area contributed by atoms with Gasteiger partial charge in [0.1, 0.15) is 17.2 Å². The van der Waals surface area contributed by atoms with E-state index in [1.807, 2.05) is 13.8 Å². The fourth-order valence-electron chi connectivity index (χ4n) is 2.96. The molecule has 9 nitrogen and oxygen atoms in total. The van der Waals surface area contributed by atoms with E-state index in [2.05, 4.69) is 10.6 Å². The lowest BCUT2D eigenvalue weighted by Gasteiger charge is -2.18. The number of fused-ring (bicyclic) bond motifs is 1. The highest BCUT2D eigenvalue weighted by atomic mass is 32.2. The highest BCUT2D eigenvalue weighted by Gasteiger charge is 2.22. The van der Waals surface area contributed by atoms with Crippen LogP contribution < -0.4 is 24.8 Å². The number of hydrogen-bond acceptors (Lipinski definition) is 7. The molecule has 2 N–H and O–H groups in total. The molecule has 0 atom stereocenters. The summed E-state index contributed by atoms with van der Waals surface area (Å²) in [4.78, 5) is 23.9. The van der Waals surface area contributed by atoms with E-state index < -0.39 is 21.5 Å². The minimum Gasteiger partial charge on any atom is -0.494 e. The molecule has 2 aromatic rings. The van der Waals surface area contributed by atoms with Gasteiger partial charge in [-0.3, -0.25) is 9.59 Å². The van der Waals surface area contributed by atoms with E-state index in [9.17, 15) is 18.0 Å². The third-order valence-electron chi connectivity index (χ3n) is 4.38. The minimum atomic E-state index is -3.76. The molecule has 31 heavy (non-hydrogen) atoms. The van der Waals surface area contributed by atoms with E-state index in [4.69, 9.17) is 14.2 Å². The lowest BCUT2D eigenvalue weighted by molar-refractivity contribution is -0.118. The maximum absolute atomic E-state index is 12.7. The molecular weight excluding hydrogens is 424 g/mol. The second kappa shape index (κ2) is 9.69. The minimum absolute atomic E-state index is 0.00167. The summed E-state index contributed by atoms with van der Waals surface area (Å²) in [6.07, 6.45) is -0.257. The zero-order valence-electron chi connectivity index (χ0n) is 17.3. The predicted molar refractivity (Wildman–Crippen MR) is 115 cm³/mol. The van der Waals surface area contributed by atoms with Crippen molar-refractivity contribution in [1.82, 2.24) is 0 Å². The van der Waals surface area contributed by atoms with Gasteiger partial charge in [0.05, 0.1) is 35.2 Å². The van der Waals surface area contributed by atoms with Crippen molar-refractivity contribution < 1.29 is 32.2 Å². The molecular formula is C21H24N2O7S. The first kappa shape index (κ1) is 22.4. The normalized spacial score (nSPS) is 12.9. The van der Waals surface area contributed by atoms with E-state index in [0.29, 0.717) is 36.1 Å². The van der Waals surface area contributed by atoms with E-state index in [-0.39, 0.29) is 29.5 Å². The lowest BCUT2D eigenvalue weighted by atomic mass is 10.2. The summed E-state index contributed by atoms with van der Waals surface area (Å²) in [5.41, 5.74) is 0.694.